The van der Waals surface area contributed by atoms with Gasteiger partial charge in [0, 0.05) is 10.4 Å². The molecule has 2 nitrogen and oxygen atoms in total. The normalized spacial score (nSPS) is 12.0. The molecular formula is C18H19BrO2. The van der Waals surface area contributed by atoms with Crippen molar-refractivity contribution in [3.8, 4) is 0 Å². The van der Waals surface area contributed by atoms with Crippen molar-refractivity contribution in [2.24, 2.45) is 0 Å². The summed E-state index contributed by atoms with van der Waals surface area (Å²) in [7, 11) is 0. The van der Waals surface area contributed by atoms with Gasteiger partial charge in [0.05, 0.1) is 13.2 Å². The van der Waals surface area contributed by atoms with Crippen molar-refractivity contribution in [3.63, 3.8) is 0 Å². The molecule has 0 amide bonds. The molecule has 0 saturated carbocycles. The molecule has 2 rings (SSSR count). The van der Waals surface area contributed by atoms with Crippen molar-refractivity contribution in [1.82, 2.24) is 0 Å². The number of carbonyl (C=O) groups is 1. The number of hydrogen-bond donors (Lipinski definition) is 0. The molecule has 0 aliphatic rings. The first-order valence-corrected chi connectivity index (χ1v) is 8.00. The van der Waals surface area contributed by atoms with Gasteiger partial charge in [-0.3, -0.25) is 4.79 Å². The third kappa shape index (κ3) is 5.44. The standard InChI is InChI=1S/C18H19BrO2/c19-18(14-21-13-15-6-2-1-3-7-15)11-10-16-8-4-5-9-17(16)12-20/h1-9,12,18H,10-11,13-14H2. The lowest BCUT2D eigenvalue weighted by Crippen LogP contribution is -2.10. The number of ether oxygens (including phenoxy) is 1. The Balaban J connectivity index is 1.72. The molecule has 0 spiro atoms. The van der Waals surface area contributed by atoms with Crippen molar-refractivity contribution in [2.75, 3.05) is 6.61 Å². The zero-order chi connectivity index (χ0) is 14.9. The van der Waals surface area contributed by atoms with Crippen LogP contribution in [0.4, 0.5) is 0 Å². The molecule has 3 heteroatoms. The smallest absolute Gasteiger partial charge is 0.150 e. The number of aldehydes is 1. The summed E-state index contributed by atoms with van der Waals surface area (Å²) in [6.07, 6.45) is 2.74. The van der Waals surface area contributed by atoms with Gasteiger partial charge in [0.15, 0.2) is 0 Å². The molecule has 2 aromatic rings. The monoisotopic (exact) mass is 346 g/mol. The van der Waals surface area contributed by atoms with Gasteiger partial charge >= 0.3 is 0 Å². The Hall–Kier alpha value is -1.45. The number of rotatable bonds is 8. The van der Waals surface area contributed by atoms with Gasteiger partial charge < -0.3 is 4.74 Å². The lowest BCUT2D eigenvalue weighted by atomic mass is 10.0. The van der Waals surface area contributed by atoms with Gasteiger partial charge in [-0.15, -0.1) is 0 Å². The fourth-order valence-corrected chi connectivity index (χ4v) is 2.57. The van der Waals surface area contributed by atoms with E-state index in [9.17, 15) is 4.79 Å². The van der Waals surface area contributed by atoms with E-state index in [4.69, 9.17) is 4.74 Å². The minimum absolute atomic E-state index is 0.293. The molecule has 1 atom stereocenters. The first-order valence-electron chi connectivity index (χ1n) is 7.08. The molecule has 0 N–H and O–H groups in total. The predicted octanol–water partition coefficient (Wildman–Crippen LogP) is 4.41. The van der Waals surface area contributed by atoms with Gasteiger partial charge in [-0.05, 0) is 24.0 Å². The third-order valence-electron chi connectivity index (χ3n) is 3.32. The van der Waals surface area contributed by atoms with Crippen molar-refractivity contribution in [2.45, 2.75) is 24.3 Å². The van der Waals surface area contributed by atoms with Crippen molar-refractivity contribution in [3.05, 3.63) is 71.3 Å². The van der Waals surface area contributed by atoms with E-state index in [1.54, 1.807) is 0 Å². The number of carbonyl (C=O) groups excluding carboxylic acids is 1. The Bertz CT molecular complexity index is 554. The third-order valence-corrected chi connectivity index (χ3v) is 4.04. The minimum atomic E-state index is 0.293. The summed E-state index contributed by atoms with van der Waals surface area (Å²) in [5.74, 6) is 0. The highest BCUT2D eigenvalue weighted by Gasteiger charge is 2.07. The van der Waals surface area contributed by atoms with E-state index in [-0.39, 0.29) is 0 Å². The summed E-state index contributed by atoms with van der Waals surface area (Å²) < 4.78 is 5.71. The van der Waals surface area contributed by atoms with Crippen molar-refractivity contribution in [1.29, 1.82) is 0 Å². The second-order valence-corrected chi connectivity index (χ2v) is 6.25. The van der Waals surface area contributed by atoms with Crippen LogP contribution in [0, 0.1) is 0 Å². The van der Waals surface area contributed by atoms with Gasteiger partial charge in [-0.1, -0.05) is 70.5 Å². The average molecular weight is 347 g/mol. The highest BCUT2D eigenvalue weighted by molar-refractivity contribution is 9.09. The molecule has 0 heterocycles. The maximum Gasteiger partial charge on any atom is 0.150 e. The van der Waals surface area contributed by atoms with Gasteiger partial charge in [-0.2, -0.15) is 0 Å². The molecule has 0 bridgehead atoms. The van der Waals surface area contributed by atoms with E-state index in [0.717, 1.165) is 30.3 Å². The fraction of sp³-hybridized carbons (Fsp3) is 0.278. The van der Waals surface area contributed by atoms with Crippen LogP contribution in [0.3, 0.4) is 0 Å². The molecule has 0 radical (unpaired) electrons. The van der Waals surface area contributed by atoms with Crippen LogP contribution in [0.5, 0.6) is 0 Å². The first kappa shape index (κ1) is 15.9. The first-order chi connectivity index (χ1) is 10.3. The van der Waals surface area contributed by atoms with Crippen LogP contribution >= 0.6 is 15.9 Å². The van der Waals surface area contributed by atoms with Crippen molar-refractivity contribution < 1.29 is 9.53 Å². The zero-order valence-corrected chi connectivity index (χ0v) is 13.5. The van der Waals surface area contributed by atoms with Gasteiger partial charge in [0.2, 0.25) is 0 Å². The van der Waals surface area contributed by atoms with Crippen molar-refractivity contribution >= 4 is 22.2 Å². The quantitative estimate of drug-likeness (QED) is 0.522. The molecule has 0 fully saturated rings. The Morgan fingerprint density at radius 3 is 2.52 bits per heavy atom. The summed E-state index contributed by atoms with van der Waals surface area (Å²) in [6, 6.07) is 17.9. The zero-order valence-electron chi connectivity index (χ0n) is 11.9. The molecule has 110 valence electrons. The average Bonchev–Trinajstić information content (AvgIpc) is 2.54. The number of halogens is 1. The highest BCUT2D eigenvalue weighted by atomic mass is 79.9. The molecule has 0 saturated heterocycles. The second kappa shape index (κ2) is 8.75. The Morgan fingerprint density at radius 1 is 1.05 bits per heavy atom. The lowest BCUT2D eigenvalue weighted by Gasteiger charge is -2.11. The summed E-state index contributed by atoms with van der Waals surface area (Å²) in [6.45, 7) is 1.30. The van der Waals surface area contributed by atoms with Crippen LogP contribution in [0.25, 0.3) is 0 Å². The number of aryl methyl sites for hydroxylation is 1. The van der Waals surface area contributed by atoms with Gasteiger partial charge in [0.25, 0.3) is 0 Å². The number of benzene rings is 2. The predicted molar refractivity (Wildman–Crippen MR) is 89.0 cm³/mol. The Morgan fingerprint density at radius 2 is 1.76 bits per heavy atom. The largest absolute Gasteiger partial charge is 0.376 e. The van der Waals surface area contributed by atoms with Crippen LogP contribution in [-0.4, -0.2) is 17.7 Å². The topological polar surface area (TPSA) is 26.3 Å². The minimum Gasteiger partial charge on any atom is -0.376 e. The SMILES string of the molecule is O=Cc1ccccc1CCC(Br)COCc1ccccc1. The van der Waals surface area contributed by atoms with E-state index in [2.05, 4.69) is 28.1 Å². The maximum absolute atomic E-state index is 11.0. The van der Waals surface area contributed by atoms with Gasteiger partial charge in [-0.25, -0.2) is 0 Å². The van der Waals surface area contributed by atoms with E-state index in [1.165, 1.54) is 5.56 Å². The lowest BCUT2D eigenvalue weighted by molar-refractivity contribution is 0.112. The number of hydrogen-bond acceptors (Lipinski definition) is 2. The molecule has 2 aromatic carbocycles. The van der Waals surface area contributed by atoms with Crippen LogP contribution in [0.15, 0.2) is 54.6 Å². The molecular weight excluding hydrogens is 328 g/mol. The summed E-state index contributed by atoms with van der Waals surface area (Å²) in [5.41, 5.74) is 3.06. The summed E-state index contributed by atoms with van der Waals surface area (Å²) in [5, 5.41) is 0. The molecule has 0 aliphatic heterocycles. The van der Waals surface area contributed by atoms with Crippen LogP contribution in [-0.2, 0) is 17.8 Å². The second-order valence-electron chi connectivity index (χ2n) is 4.95. The molecule has 1 unspecified atom stereocenters. The van der Waals surface area contributed by atoms with Crippen LogP contribution < -0.4 is 0 Å². The highest BCUT2D eigenvalue weighted by Crippen LogP contribution is 2.15. The summed E-state index contributed by atoms with van der Waals surface area (Å²) >= 11 is 3.64. The molecule has 0 aliphatic carbocycles. The summed E-state index contributed by atoms with van der Waals surface area (Å²) in [4.78, 5) is 11.3. The van der Waals surface area contributed by atoms with E-state index >= 15 is 0 Å². The fourth-order valence-electron chi connectivity index (χ4n) is 2.15. The molecule has 0 aromatic heterocycles. The van der Waals surface area contributed by atoms with Gasteiger partial charge in [0.1, 0.15) is 6.29 Å². The number of alkyl halides is 1. The van der Waals surface area contributed by atoms with Crippen LogP contribution in [0.1, 0.15) is 27.9 Å². The van der Waals surface area contributed by atoms with E-state index < -0.39 is 0 Å². The molecule has 21 heavy (non-hydrogen) atoms. The van der Waals surface area contributed by atoms with E-state index in [0.29, 0.717) is 18.0 Å². The maximum atomic E-state index is 11.0. The Kier molecular flexibility index (Phi) is 6.64. The van der Waals surface area contributed by atoms with E-state index in [1.807, 2.05) is 42.5 Å². The van der Waals surface area contributed by atoms with Crippen LogP contribution in [0.2, 0.25) is 0 Å². The Labute approximate surface area is 134 Å².